The fourth-order valence-corrected chi connectivity index (χ4v) is 4.05. The first-order chi connectivity index (χ1) is 16.5. The standard InChI is InChI=1S/C25H28N4O5/c1-16(26-23(30)17-7-5-4-6-8-17)25(31)29-13-11-18(12-14-29)24-27-22(28-34-24)19-9-10-20(32-2)21(15-19)33-3/h4-10,15-16,18H,11-14H2,1-3H3,(H,26,30)/t16-/m1/s1. The van der Waals surface area contributed by atoms with Crippen molar-refractivity contribution in [3.8, 4) is 22.9 Å². The number of aromatic nitrogens is 2. The summed E-state index contributed by atoms with van der Waals surface area (Å²) in [6.45, 7) is 2.83. The Morgan fingerprint density at radius 1 is 1.06 bits per heavy atom. The lowest BCUT2D eigenvalue weighted by Crippen LogP contribution is -2.49. The van der Waals surface area contributed by atoms with E-state index in [1.165, 1.54) is 0 Å². The van der Waals surface area contributed by atoms with E-state index in [9.17, 15) is 9.59 Å². The SMILES string of the molecule is COc1ccc(-c2noc(C3CCN(C(=O)[C@@H](C)NC(=O)c4ccccc4)CC3)n2)cc1OC. The minimum atomic E-state index is -0.607. The second-order valence-corrected chi connectivity index (χ2v) is 8.19. The third kappa shape index (κ3) is 5.03. The van der Waals surface area contributed by atoms with Crippen LogP contribution in [0.4, 0.5) is 0 Å². The van der Waals surface area contributed by atoms with E-state index in [0.29, 0.717) is 54.7 Å². The number of carbonyl (C=O) groups is 2. The van der Waals surface area contributed by atoms with E-state index in [-0.39, 0.29) is 17.7 Å². The van der Waals surface area contributed by atoms with Crippen LogP contribution in [0.5, 0.6) is 11.5 Å². The second kappa shape index (κ2) is 10.4. The molecule has 3 aromatic rings. The fourth-order valence-electron chi connectivity index (χ4n) is 4.05. The van der Waals surface area contributed by atoms with Crippen LogP contribution in [0.1, 0.15) is 41.9 Å². The zero-order valence-corrected chi connectivity index (χ0v) is 19.5. The van der Waals surface area contributed by atoms with E-state index in [1.807, 2.05) is 12.1 Å². The van der Waals surface area contributed by atoms with Crippen LogP contribution in [-0.2, 0) is 4.79 Å². The van der Waals surface area contributed by atoms with Gasteiger partial charge in [-0.2, -0.15) is 4.98 Å². The average molecular weight is 465 g/mol. The van der Waals surface area contributed by atoms with Gasteiger partial charge in [-0.05, 0) is 50.1 Å². The van der Waals surface area contributed by atoms with Crippen LogP contribution in [0.2, 0.25) is 0 Å². The van der Waals surface area contributed by atoms with Crippen molar-refractivity contribution in [3.05, 3.63) is 60.0 Å². The number of likely N-dealkylation sites (tertiary alicyclic amines) is 1. The Hall–Kier alpha value is -3.88. The maximum absolute atomic E-state index is 12.8. The first kappa shape index (κ1) is 23.3. The van der Waals surface area contributed by atoms with Crippen molar-refractivity contribution < 1.29 is 23.6 Å². The second-order valence-electron chi connectivity index (χ2n) is 8.19. The third-order valence-electron chi connectivity index (χ3n) is 5.99. The maximum Gasteiger partial charge on any atom is 0.251 e. The van der Waals surface area contributed by atoms with Gasteiger partial charge in [0.05, 0.1) is 14.2 Å². The molecule has 1 aromatic heterocycles. The number of ether oxygens (including phenoxy) is 2. The summed E-state index contributed by atoms with van der Waals surface area (Å²) >= 11 is 0. The van der Waals surface area contributed by atoms with Crippen LogP contribution in [0.25, 0.3) is 11.4 Å². The molecule has 0 spiro atoms. The van der Waals surface area contributed by atoms with Gasteiger partial charge in [-0.15, -0.1) is 0 Å². The summed E-state index contributed by atoms with van der Waals surface area (Å²) < 4.78 is 16.2. The maximum atomic E-state index is 12.8. The molecule has 2 aromatic carbocycles. The number of nitrogens with zero attached hydrogens (tertiary/aromatic N) is 3. The number of rotatable bonds is 7. The molecule has 1 fully saturated rings. The van der Waals surface area contributed by atoms with Gasteiger partial charge in [-0.1, -0.05) is 23.4 Å². The Balaban J connectivity index is 1.34. The summed E-state index contributed by atoms with van der Waals surface area (Å²) in [4.78, 5) is 31.6. The van der Waals surface area contributed by atoms with E-state index in [1.54, 1.807) is 62.4 Å². The van der Waals surface area contributed by atoms with Gasteiger partial charge in [0, 0.05) is 30.1 Å². The van der Waals surface area contributed by atoms with Crippen LogP contribution in [0.3, 0.4) is 0 Å². The van der Waals surface area contributed by atoms with Crippen LogP contribution in [0, 0.1) is 0 Å². The molecular formula is C25H28N4O5. The number of nitrogens with one attached hydrogen (secondary N) is 1. The Morgan fingerprint density at radius 2 is 1.76 bits per heavy atom. The monoisotopic (exact) mass is 464 g/mol. The molecule has 1 saturated heterocycles. The average Bonchev–Trinajstić information content (AvgIpc) is 3.38. The third-order valence-corrected chi connectivity index (χ3v) is 5.99. The number of benzene rings is 2. The summed E-state index contributed by atoms with van der Waals surface area (Å²) in [5.74, 6) is 1.96. The van der Waals surface area contributed by atoms with Crippen molar-refractivity contribution in [2.75, 3.05) is 27.3 Å². The van der Waals surface area contributed by atoms with Gasteiger partial charge < -0.3 is 24.2 Å². The lowest BCUT2D eigenvalue weighted by molar-refractivity contribution is -0.134. The predicted molar refractivity (Wildman–Crippen MR) is 125 cm³/mol. The molecule has 2 heterocycles. The molecule has 34 heavy (non-hydrogen) atoms. The van der Waals surface area contributed by atoms with Crippen molar-refractivity contribution in [2.24, 2.45) is 0 Å². The lowest BCUT2D eigenvalue weighted by atomic mass is 9.96. The number of amides is 2. The summed E-state index contributed by atoms with van der Waals surface area (Å²) in [6.07, 6.45) is 1.41. The zero-order valence-electron chi connectivity index (χ0n) is 19.5. The molecule has 1 aliphatic heterocycles. The first-order valence-electron chi connectivity index (χ1n) is 11.2. The summed E-state index contributed by atoms with van der Waals surface area (Å²) in [5.41, 5.74) is 1.30. The quantitative estimate of drug-likeness (QED) is 0.572. The van der Waals surface area contributed by atoms with Gasteiger partial charge in [0.25, 0.3) is 5.91 Å². The van der Waals surface area contributed by atoms with E-state index in [0.717, 1.165) is 5.56 Å². The fraction of sp³-hybridized carbons (Fsp3) is 0.360. The minimum Gasteiger partial charge on any atom is -0.493 e. The summed E-state index contributed by atoms with van der Waals surface area (Å²) in [5, 5.41) is 6.91. The Labute approximate surface area is 198 Å². The molecule has 9 nitrogen and oxygen atoms in total. The van der Waals surface area contributed by atoms with Crippen molar-refractivity contribution in [3.63, 3.8) is 0 Å². The van der Waals surface area contributed by atoms with E-state index in [2.05, 4.69) is 15.5 Å². The molecule has 4 rings (SSSR count). The molecule has 9 heteroatoms. The van der Waals surface area contributed by atoms with Crippen LogP contribution >= 0.6 is 0 Å². The first-order valence-corrected chi connectivity index (χ1v) is 11.2. The zero-order chi connectivity index (χ0) is 24.1. The predicted octanol–water partition coefficient (Wildman–Crippen LogP) is 3.28. The number of hydrogen-bond acceptors (Lipinski definition) is 7. The van der Waals surface area contributed by atoms with Crippen molar-refractivity contribution >= 4 is 11.8 Å². The molecular weight excluding hydrogens is 436 g/mol. The number of carbonyl (C=O) groups excluding carboxylic acids is 2. The van der Waals surface area contributed by atoms with E-state index >= 15 is 0 Å². The summed E-state index contributed by atoms with van der Waals surface area (Å²) in [6, 6.07) is 13.7. The van der Waals surface area contributed by atoms with Crippen LogP contribution < -0.4 is 14.8 Å². The molecule has 1 aliphatic rings. The smallest absolute Gasteiger partial charge is 0.251 e. The molecule has 1 N–H and O–H groups in total. The Kier molecular flexibility index (Phi) is 7.10. The molecule has 0 radical (unpaired) electrons. The highest BCUT2D eigenvalue weighted by molar-refractivity contribution is 5.97. The van der Waals surface area contributed by atoms with E-state index < -0.39 is 6.04 Å². The Morgan fingerprint density at radius 3 is 2.44 bits per heavy atom. The van der Waals surface area contributed by atoms with Gasteiger partial charge in [-0.25, -0.2) is 0 Å². The molecule has 0 bridgehead atoms. The molecule has 2 amide bonds. The van der Waals surface area contributed by atoms with Crippen molar-refractivity contribution in [1.29, 1.82) is 0 Å². The van der Waals surface area contributed by atoms with Crippen molar-refractivity contribution in [2.45, 2.75) is 31.7 Å². The lowest BCUT2D eigenvalue weighted by Gasteiger charge is -2.32. The number of hydrogen-bond donors (Lipinski definition) is 1. The van der Waals surface area contributed by atoms with Gasteiger partial charge in [0.15, 0.2) is 11.5 Å². The van der Waals surface area contributed by atoms with Crippen LogP contribution in [0.15, 0.2) is 53.1 Å². The molecule has 0 unspecified atom stereocenters. The number of piperidine rings is 1. The topological polar surface area (TPSA) is 107 Å². The van der Waals surface area contributed by atoms with Crippen molar-refractivity contribution in [1.82, 2.24) is 20.4 Å². The largest absolute Gasteiger partial charge is 0.493 e. The van der Waals surface area contributed by atoms with Crippen LogP contribution in [-0.4, -0.2) is 60.2 Å². The molecule has 178 valence electrons. The minimum absolute atomic E-state index is 0.0691. The molecule has 0 saturated carbocycles. The van der Waals surface area contributed by atoms with Gasteiger partial charge in [-0.3, -0.25) is 9.59 Å². The highest BCUT2D eigenvalue weighted by Gasteiger charge is 2.30. The normalized spacial score (nSPS) is 15.0. The molecule has 0 aliphatic carbocycles. The highest BCUT2D eigenvalue weighted by atomic mass is 16.5. The number of methoxy groups -OCH3 is 2. The van der Waals surface area contributed by atoms with Gasteiger partial charge >= 0.3 is 0 Å². The summed E-state index contributed by atoms with van der Waals surface area (Å²) in [7, 11) is 3.16. The van der Waals surface area contributed by atoms with Gasteiger partial charge in [0.2, 0.25) is 17.6 Å². The molecule has 1 atom stereocenters. The van der Waals surface area contributed by atoms with E-state index in [4.69, 9.17) is 14.0 Å². The van der Waals surface area contributed by atoms with Gasteiger partial charge in [0.1, 0.15) is 6.04 Å². The highest BCUT2D eigenvalue weighted by Crippen LogP contribution is 2.33. The Bertz CT molecular complexity index is 1140.